The molecule has 1 aliphatic heterocycles. The van der Waals surface area contributed by atoms with Gasteiger partial charge in [0.15, 0.2) is 0 Å². The topological polar surface area (TPSA) is 23.5 Å². The van der Waals surface area contributed by atoms with Gasteiger partial charge in [0, 0.05) is 12.2 Å². The van der Waals surface area contributed by atoms with Gasteiger partial charge in [0.1, 0.15) is 0 Å². The first-order valence-electron chi connectivity index (χ1n) is 10.2. The summed E-state index contributed by atoms with van der Waals surface area (Å²) in [7, 11) is 3.46. The Morgan fingerprint density at radius 1 is 1.00 bits per heavy atom. The fraction of sp³-hybridized carbons (Fsp3) is 0.857. The Balaban J connectivity index is 2.10. The third-order valence-corrected chi connectivity index (χ3v) is 6.81. The minimum Gasteiger partial charge on any atom is -0.366 e. The lowest BCUT2D eigenvalue weighted by Gasteiger charge is -2.40. The van der Waals surface area contributed by atoms with Gasteiger partial charge >= 0.3 is 0 Å². The Hall–Kier alpha value is -0.330. The van der Waals surface area contributed by atoms with Crippen molar-refractivity contribution in [2.45, 2.75) is 90.5 Å². The van der Waals surface area contributed by atoms with Crippen molar-refractivity contribution in [3.05, 3.63) is 12.3 Å². The molecule has 0 aromatic carbocycles. The average molecular weight is 352 g/mol. The molecule has 0 spiro atoms. The molecule has 1 aliphatic carbocycles. The van der Waals surface area contributed by atoms with Crippen LogP contribution < -0.4 is 0 Å². The lowest BCUT2D eigenvalue weighted by Crippen LogP contribution is -2.43. The molecule has 2 fully saturated rings. The third kappa shape index (κ3) is 5.60. The summed E-state index contributed by atoms with van der Waals surface area (Å²) in [4.78, 5) is 2.43. The van der Waals surface area contributed by atoms with E-state index in [-0.39, 0.29) is 6.04 Å². The number of allylic oxidation sites excluding steroid dienone is 1. The van der Waals surface area contributed by atoms with Crippen LogP contribution in [0.4, 0.5) is 0 Å². The molecule has 3 heteroatoms. The maximum Gasteiger partial charge on any atom is 0.0901 e. The van der Waals surface area contributed by atoms with Gasteiger partial charge in [-0.2, -0.15) is 0 Å². The van der Waals surface area contributed by atoms with Crippen LogP contribution in [-0.2, 0) is 0 Å². The zero-order chi connectivity index (χ0) is 17.5. The van der Waals surface area contributed by atoms with E-state index in [9.17, 15) is 5.11 Å². The van der Waals surface area contributed by atoms with Gasteiger partial charge in [-0.05, 0) is 49.9 Å². The van der Waals surface area contributed by atoms with Gasteiger partial charge in [0.2, 0.25) is 0 Å². The molecule has 2 nitrogen and oxygen atoms in total. The standard InChI is InChI=1S/C21H38NOP/c1-16-10-6-5-9-15-22(20(14-13-16)21(23)24)18(3)17(2)19-11-7-4-8-12-19/h16-17,19-20,23-24H,3-15H2,1-2H3. The van der Waals surface area contributed by atoms with E-state index < -0.39 is 0 Å². The summed E-state index contributed by atoms with van der Waals surface area (Å²) in [6.07, 6.45) is 14.2. The molecule has 0 radical (unpaired) electrons. The van der Waals surface area contributed by atoms with E-state index in [0.717, 1.165) is 24.8 Å². The van der Waals surface area contributed by atoms with Gasteiger partial charge in [-0.15, -0.1) is 0 Å². The molecule has 1 heterocycles. The number of hydrogen-bond donors (Lipinski definition) is 1. The summed E-state index contributed by atoms with van der Waals surface area (Å²) in [5.41, 5.74) is 1.64. The summed E-state index contributed by atoms with van der Waals surface area (Å²) in [5.74, 6) is 2.06. The second kappa shape index (κ2) is 9.97. The molecule has 1 N–H and O–H groups in total. The van der Waals surface area contributed by atoms with Gasteiger partial charge < -0.3 is 10.0 Å². The number of aliphatic hydroxyl groups is 1. The zero-order valence-electron chi connectivity index (χ0n) is 15.9. The average Bonchev–Trinajstić information content (AvgIpc) is 2.59. The van der Waals surface area contributed by atoms with E-state index in [0.29, 0.717) is 11.4 Å². The van der Waals surface area contributed by atoms with E-state index in [1.165, 1.54) is 69.9 Å². The molecule has 2 aliphatic rings. The largest absolute Gasteiger partial charge is 0.366 e. The minimum atomic E-state index is 0.0840. The van der Waals surface area contributed by atoms with E-state index in [1.54, 1.807) is 0 Å². The predicted octanol–water partition coefficient (Wildman–Crippen LogP) is 6.02. The number of rotatable bonds is 4. The van der Waals surface area contributed by atoms with Crippen LogP contribution in [0.2, 0.25) is 0 Å². The third-order valence-electron chi connectivity index (χ3n) is 6.47. The maximum atomic E-state index is 10.3. The van der Waals surface area contributed by atoms with Crippen molar-refractivity contribution in [3.8, 4) is 0 Å². The molecular formula is C21H38NOP. The first kappa shape index (κ1) is 20.0. The monoisotopic (exact) mass is 351 g/mol. The molecule has 1 saturated heterocycles. The van der Waals surface area contributed by atoms with Crippen molar-refractivity contribution >= 4 is 14.3 Å². The maximum absolute atomic E-state index is 10.3. The molecule has 3 unspecified atom stereocenters. The Kier molecular flexibility index (Phi) is 8.31. The van der Waals surface area contributed by atoms with Crippen LogP contribution in [0.3, 0.4) is 0 Å². The van der Waals surface area contributed by atoms with Crippen LogP contribution in [-0.4, -0.2) is 28.1 Å². The van der Waals surface area contributed by atoms with Gasteiger partial charge in [0.05, 0.1) is 11.5 Å². The Bertz CT molecular complexity index is 416. The van der Waals surface area contributed by atoms with Crippen LogP contribution in [0.5, 0.6) is 0 Å². The molecule has 3 atom stereocenters. The van der Waals surface area contributed by atoms with Crippen LogP contribution in [0.25, 0.3) is 0 Å². The SMILES string of the molecule is C=C(C(C)C1CCCCC1)N1CCCCCC(C)CCC1C(O)=P. The first-order chi connectivity index (χ1) is 11.5. The predicted molar refractivity (Wildman–Crippen MR) is 107 cm³/mol. The second-order valence-electron chi connectivity index (χ2n) is 8.30. The molecule has 1 saturated carbocycles. The van der Waals surface area contributed by atoms with Crippen molar-refractivity contribution in [2.24, 2.45) is 17.8 Å². The Labute approximate surface area is 151 Å². The zero-order valence-corrected chi connectivity index (χ0v) is 16.9. The lowest BCUT2D eigenvalue weighted by atomic mass is 9.79. The van der Waals surface area contributed by atoms with Gasteiger partial charge in [-0.3, -0.25) is 0 Å². The van der Waals surface area contributed by atoms with Crippen molar-refractivity contribution < 1.29 is 5.11 Å². The summed E-state index contributed by atoms with van der Waals surface area (Å²) in [6.45, 7) is 10.3. The summed E-state index contributed by atoms with van der Waals surface area (Å²) < 4.78 is 0. The second-order valence-corrected chi connectivity index (χ2v) is 8.82. The molecule has 0 aromatic heterocycles. The van der Waals surface area contributed by atoms with E-state index in [1.807, 2.05) is 0 Å². The Morgan fingerprint density at radius 3 is 2.29 bits per heavy atom. The quantitative estimate of drug-likeness (QED) is 0.626. The van der Waals surface area contributed by atoms with Gasteiger partial charge in [0.25, 0.3) is 0 Å². The minimum absolute atomic E-state index is 0.0840. The van der Waals surface area contributed by atoms with Crippen molar-refractivity contribution in [2.75, 3.05) is 6.54 Å². The van der Waals surface area contributed by atoms with Crippen LogP contribution >= 0.6 is 8.86 Å². The van der Waals surface area contributed by atoms with Gasteiger partial charge in [-0.25, -0.2) is 0 Å². The van der Waals surface area contributed by atoms with Crippen LogP contribution in [0.1, 0.15) is 84.5 Å². The van der Waals surface area contributed by atoms with E-state index in [2.05, 4.69) is 34.2 Å². The highest BCUT2D eigenvalue weighted by molar-refractivity contribution is 7.20. The summed E-state index contributed by atoms with van der Waals surface area (Å²) in [5, 5.41) is 10.3. The summed E-state index contributed by atoms with van der Waals surface area (Å²) >= 11 is 0. The van der Waals surface area contributed by atoms with E-state index in [4.69, 9.17) is 0 Å². The molecule has 24 heavy (non-hydrogen) atoms. The highest BCUT2D eigenvalue weighted by Gasteiger charge is 2.29. The highest BCUT2D eigenvalue weighted by Crippen LogP contribution is 2.36. The van der Waals surface area contributed by atoms with Crippen molar-refractivity contribution in [1.29, 1.82) is 0 Å². The number of hydrogen-bond acceptors (Lipinski definition) is 1. The molecule has 0 aromatic rings. The molecule has 2 rings (SSSR count). The van der Waals surface area contributed by atoms with Gasteiger partial charge in [-0.1, -0.05) is 67.8 Å². The fourth-order valence-electron chi connectivity index (χ4n) is 4.65. The number of nitrogens with zero attached hydrogens (tertiary/aromatic N) is 1. The van der Waals surface area contributed by atoms with Crippen molar-refractivity contribution in [1.82, 2.24) is 4.90 Å². The number of aliphatic hydroxyl groups excluding tert-OH is 1. The van der Waals surface area contributed by atoms with E-state index >= 15 is 0 Å². The molecule has 138 valence electrons. The van der Waals surface area contributed by atoms with Crippen LogP contribution in [0, 0.1) is 17.8 Å². The lowest BCUT2D eigenvalue weighted by molar-refractivity contribution is 0.191. The molecule has 0 amide bonds. The van der Waals surface area contributed by atoms with Crippen molar-refractivity contribution in [3.63, 3.8) is 0 Å². The smallest absolute Gasteiger partial charge is 0.0901 e. The molecule has 0 bridgehead atoms. The first-order valence-corrected chi connectivity index (χ1v) is 10.7. The molecular weight excluding hydrogens is 313 g/mol. The normalized spacial score (nSPS) is 29.0. The fourth-order valence-corrected chi connectivity index (χ4v) is 4.95. The highest BCUT2D eigenvalue weighted by atomic mass is 31.0. The summed E-state index contributed by atoms with van der Waals surface area (Å²) in [6, 6.07) is 0.0840. The Morgan fingerprint density at radius 2 is 1.62 bits per heavy atom. The van der Waals surface area contributed by atoms with Crippen LogP contribution in [0.15, 0.2) is 12.3 Å².